The number of carbonyl (C=O) groups excluding carboxylic acids is 5. The van der Waals surface area contributed by atoms with Gasteiger partial charge < -0.3 is 39.0 Å². The Hall–Kier alpha value is -6.25. The predicted octanol–water partition coefficient (Wildman–Crippen LogP) is 7.23. The summed E-state index contributed by atoms with van der Waals surface area (Å²) in [6.07, 6.45) is 2.63. The van der Waals surface area contributed by atoms with Crippen LogP contribution in [0, 0.1) is 5.92 Å². The molecule has 1 fully saturated rings. The fourth-order valence-electron chi connectivity index (χ4n) is 6.41. The number of allylic oxidation sites excluding steroid dienone is 1. The molecule has 1 aromatic carbocycles. The number of oxazole rings is 2. The van der Waals surface area contributed by atoms with Crippen molar-refractivity contribution in [2.75, 3.05) is 13.7 Å². The van der Waals surface area contributed by atoms with Crippen molar-refractivity contribution in [1.29, 1.82) is 0 Å². The molecule has 1 saturated heterocycles. The number of nitrogens with zero attached hydrogens (tertiary/aromatic N) is 5. The molecule has 63 heavy (non-hydrogen) atoms. The molecule has 0 bridgehead atoms. The van der Waals surface area contributed by atoms with E-state index >= 15 is 0 Å². The van der Waals surface area contributed by atoms with Gasteiger partial charge in [0.25, 0.3) is 5.91 Å². The van der Waals surface area contributed by atoms with Crippen molar-refractivity contribution < 1.29 is 47.0 Å². The first-order valence-electron chi connectivity index (χ1n) is 20.1. The number of thiazole rings is 2. The first kappa shape index (κ1) is 46.3. The maximum absolute atomic E-state index is 14.2. The van der Waals surface area contributed by atoms with Crippen LogP contribution in [0.5, 0.6) is 0 Å². The van der Waals surface area contributed by atoms with Crippen LogP contribution in [0.4, 0.5) is 4.79 Å². The van der Waals surface area contributed by atoms with E-state index in [0.29, 0.717) is 33.4 Å². The Balaban J connectivity index is 1.20. The summed E-state index contributed by atoms with van der Waals surface area (Å²) in [6.45, 7) is 16.1. The minimum absolute atomic E-state index is 0.0332. The van der Waals surface area contributed by atoms with Gasteiger partial charge in [-0.1, -0.05) is 56.7 Å². The van der Waals surface area contributed by atoms with Gasteiger partial charge >= 0.3 is 12.1 Å². The highest BCUT2D eigenvalue weighted by atomic mass is 32.1. The second-order valence-electron chi connectivity index (χ2n) is 16.1. The van der Waals surface area contributed by atoms with E-state index in [-0.39, 0.29) is 47.2 Å². The van der Waals surface area contributed by atoms with Gasteiger partial charge in [-0.15, -0.1) is 22.7 Å². The number of amides is 4. The molecule has 0 unspecified atom stereocenters. The number of aromatic nitrogens is 4. The van der Waals surface area contributed by atoms with Crippen LogP contribution in [0.25, 0.3) is 39.3 Å². The van der Waals surface area contributed by atoms with Crippen LogP contribution >= 0.6 is 22.7 Å². The minimum atomic E-state index is -1.08. The second-order valence-corrected chi connectivity index (χ2v) is 17.8. The Morgan fingerprint density at radius 1 is 0.984 bits per heavy atom. The molecular weight excluding hydrogens is 853 g/mol. The van der Waals surface area contributed by atoms with Gasteiger partial charge in [0.15, 0.2) is 17.1 Å². The fraction of sp³-hybridized carbons (Fsp3) is 0.419. The molecular formula is C43H50N8O10S2. The monoisotopic (exact) mass is 902 g/mol. The van der Waals surface area contributed by atoms with E-state index in [4.69, 9.17) is 28.3 Å². The van der Waals surface area contributed by atoms with Crippen molar-refractivity contribution in [2.45, 2.75) is 98.2 Å². The minimum Gasteiger partial charge on any atom is -0.464 e. The first-order chi connectivity index (χ1) is 29.8. The topological polar surface area (TPSA) is 230 Å². The van der Waals surface area contributed by atoms with E-state index in [1.54, 1.807) is 48.4 Å². The highest BCUT2D eigenvalue weighted by Gasteiger charge is 2.47. The van der Waals surface area contributed by atoms with Crippen LogP contribution in [0.2, 0.25) is 0 Å². The third-order valence-corrected chi connectivity index (χ3v) is 11.7. The number of hydrogen-bond donors (Lipinski definition) is 3. The number of rotatable bonds is 14. The third-order valence-electron chi connectivity index (χ3n) is 9.91. The number of hydrogen-bond acceptors (Lipinski definition) is 16. The lowest BCUT2D eigenvalue weighted by atomic mass is 9.97. The molecule has 334 valence electrons. The number of methoxy groups -OCH3 is 1. The van der Waals surface area contributed by atoms with Crippen molar-refractivity contribution in [3.8, 4) is 33.6 Å². The van der Waals surface area contributed by atoms with Crippen molar-refractivity contribution >= 4 is 58.2 Å². The molecule has 0 spiro atoms. The summed E-state index contributed by atoms with van der Waals surface area (Å²) in [4.78, 5) is 86.2. The normalized spacial score (nSPS) is 16.5. The maximum atomic E-state index is 14.2. The van der Waals surface area contributed by atoms with Gasteiger partial charge in [-0.2, -0.15) is 0 Å². The number of nitrogens with one attached hydrogen (secondary N) is 3. The predicted molar refractivity (Wildman–Crippen MR) is 233 cm³/mol. The van der Waals surface area contributed by atoms with E-state index in [1.807, 2.05) is 53.0 Å². The zero-order valence-corrected chi connectivity index (χ0v) is 38.2. The molecule has 6 rings (SSSR count). The summed E-state index contributed by atoms with van der Waals surface area (Å²) in [6, 6.07) is 6.32. The average Bonchev–Trinajstić information content (AvgIpc) is 4.10. The summed E-state index contributed by atoms with van der Waals surface area (Å²) >= 11 is 2.68. The number of esters is 1. The molecule has 1 aliphatic heterocycles. The van der Waals surface area contributed by atoms with Gasteiger partial charge in [0.05, 0.1) is 19.4 Å². The van der Waals surface area contributed by atoms with Crippen molar-refractivity contribution in [1.82, 2.24) is 40.8 Å². The second kappa shape index (κ2) is 19.0. The standard InChI is InChI=1S/C43H50N8O10S2/c1-11-22(3)30(34(53)44-23(4)33(52)45-25(12-2)36-46-26(18-58-36)40(55)57-10)49-35(54)31-32(24-16-14-13-15-17-24)60-37(50-31)27-20-62-38(47-27)28-21-63-39(48-28)29-19-59-43(8,9)51(29)41(56)61-42(5,6)7/h12-18,20-23,29-30H,11,19H2,1-10H3,(H,44,53)(H,45,52)(H,49,54)/b25-12+/t22-,23-,29-,30+/m0/s1. The van der Waals surface area contributed by atoms with Gasteiger partial charge in [0.1, 0.15) is 57.1 Å². The van der Waals surface area contributed by atoms with Crippen LogP contribution in [-0.4, -0.2) is 91.7 Å². The first-order valence-corrected chi connectivity index (χ1v) is 21.9. The van der Waals surface area contributed by atoms with Gasteiger partial charge in [0.2, 0.25) is 23.6 Å². The summed E-state index contributed by atoms with van der Waals surface area (Å²) in [7, 11) is 1.20. The SMILES string of the molecule is C/C=C(/NC(=O)[C@H](C)NC(=O)[C@H](NC(=O)c1nc(-c2csc(-c3csc([C@@H]4COC(C)(C)N4C(=O)OC(C)(C)C)n3)n2)oc1-c1ccccc1)[C@@H](C)CC)c1nc(C(=O)OC)co1. The highest BCUT2D eigenvalue weighted by molar-refractivity contribution is 7.14. The Bertz CT molecular complexity index is 2500. The fourth-order valence-corrected chi connectivity index (χ4v) is 8.11. The lowest BCUT2D eigenvalue weighted by Gasteiger charge is -2.34. The van der Waals surface area contributed by atoms with Crippen molar-refractivity contribution in [2.24, 2.45) is 5.92 Å². The maximum Gasteiger partial charge on any atom is 0.413 e. The van der Waals surface area contributed by atoms with Crippen molar-refractivity contribution in [3.63, 3.8) is 0 Å². The number of benzene rings is 1. The summed E-state index contributed by atoms with van der Waals surface area (Å²) in [5.74, 6) is -2.77. The third kappa shape index (κ3) is 10.5. The molecule has 0 saturated carbocycles. The summed E-state index contributed by atoms with van der Waals surface area (Å²) < 4.78 is 28.0. The van der Waals surface area contributed by atoms with Crippen molar-refractivity contribution in [3.05, 3.63) is 75.7 Å². The van der Waals surface area contributed by atoms with E-state index < -0.39 is 59.2 Å². The molecule has 4 amide bonds. The lowest BCUT2D eigenvalue weighted by Crippen LogP contribution is -2.54. The summed E-state index contributed by atoms with van der Waals surface area (Å²) in [5, 5.41) is 13.0. The van der Waals surface area contributed by atoms with Gasteiger partial charge in [0, 0.05) is 16.3 Å². The Labute approximate surface area is 371 Å². The van der Waals surface area contributed by atoms with Crippen LogP contribution < -0.4 is 16.0 Å². The van der Waals surface area contributed by atoms with E-state index in [2.05, 4.69) is 30.7 Å². The quantitative estimate of drug-likeness (QED) is 0.0934. The number of carbonyl (C=O) groups is 5. The Morgan fingerprint density at radius 2 is 1.70 bits per heavy atom. The zero-order chi connectivity index (χ0) is 45.8. The molecule has 4 aromatic heterocycles. The molecule has 0 radical (unpaired) electrons. The van der Waals surface area contributed by atoms with E-state index in [9.17, 15) is 24.0 Å². The Kier molecular flexibility index (Phi) is 14.0. The molecule has 5 heterocycles. The smallest absolute Gasteiger partial charge is 0.413 e. The molecule has 4 atom stereocenters. The van der Waals surface area contributed by atoms with Crippen LogP contribution in [0.1, 0.15) is 107 Å². The molecule has 1 aliphatic rings. The molecule has 3 N–H and O–H groups in total. The van der Waals surface area contributed by atoms with Gasteiger partial charge in [-0.25, -0.2) is 29.5 Å². The molecule has 20 heteroatoms. The lowest BCUT2D eigenvalue weighted by molar-refractivity contribution is -0.129. The van der Waals surface area contributed by atoms with Crippen LogP contribution in [-0.2, 0) is 23.8 Å². The number of ether oxygens (including phenoxy) is 3. The van der Waals surface area contributed by atoms with Gasteiger partial charge in [-0.3, -0.25) is 19.3 Å². The Morgan fingerprint density at radius 3 is 2.37 bits per heavy atom. The van der Waals surface area contributed by atoms with E-state index in [1.165, 1.54) is 42.8 Å². The molecule has 18 nitrogen and oxygen atoms in total. The average molecular weight is 903 g/mol. The molecule has 0 aliphatic carbocycles. The molecule has 5 aromatic rings. The largest absolute Gasteiger partial charge is 0.464 e. The highest BCUT2D eigenvalue weighted by Crippen LogP contribution is 2.41. The van der Waals surface area contributed by atoms with Crippen LogP contribution in [0.3, 0.4) is 0 Å². The van der Waals surface area contributed by atoms with Gasteiger partial charge in [-0.05, 0) is 54.4 Å². The zero-order valence-electron chi connectivity index (χ0n) is 36.6. The van der Waals surface area contributed by atoms with E-state index in [0.717, 1.165) is 6.26 Å². The summed E-state index contributed by atoms with van der Waals surface area (Å²) in [5.41, 5.74) is -0.115. The van der Waals surface area contributed by atoms with Crippen LogP contribution in [0.15, 0.2) is 62.3 Å².